The molecular weight excluding hydrogens is 252 g/mol. The summed E-state index contributed by atoms with van der Waals surface area (Å²) < 4.78 is 9.60. The SMILES string of the molecule is C1=CC2C3C=CC(C3)C2C1.C=C(C)C(=O)OCC1CO1. The molecule has 0 aromatic rings. The van der Waals surface area contributed by atoms with Crippen molar-refractivity contribution >= 4 is 5.97 Å². The normalized spacial score (nSPS) is 38.1. The van der Waals surface area contributed by atoms with Crippen LogP contribution in [0.1, 0.15) is 19.8 Å². The fourth-order valence-corrected chi connectivity index (χ4v) is 3.43. The number of hydrogen-bond acceptors (Lipinski definition) is 3. The predicted octanol–water partition coefficient (Wildman–Crippen LogP) is 2.89. The van der Waals surface area contributed by atoms with E-state index in [9.17, 15) is 4.79 Å². The number of fused-ring (bicyclic) bond motifs is 5. The van der Waals surface area contributed by atoms with Gasteiger partial charge in [-0.25, -0.2) is 4.79 Å². The zero-order valence-corrected chi connectivity index (χ0v) is 12.0. The van der Waals surface area contributed by atoms with Crippen molar-refractivity contribution in [2.75, 3.05) is 13.2 Å². The van der Waals surface area contributed by atoms with Crippen LogP contribution in [0.3, 0.4) is 0 Å². The lowest BCUT2D eigenvalue weighted by Crippen LogP contribution is -2.12. The van der Waals surface area contributed by atoms with Crippen molar-refractivity contribution in [3.8, 4) is 0 Å². The van der Waals surface area contributed by atoms with Crippen LogP contribution in [0.25, 0.3) is 0 Å². The van der Waals surface area contributed by atoms with Gasteiger partial charge >= 0.3 is 5.97 Å². The summed E-state index contributed by atoms with van der Waals surface area (Å²) in [6.45, 7) is 6.14. The molecule has 3 heteroatoms. The number of carbonyl (C=O) groups is 1. The molecule has 0 aromatic heterocycles. The van der Waals surface area contributed by atoms with Crippen LogP contribution in [0.4, 0.5) is 0 Å². The Balaban J connectivity index is 0.000000121. The molecule has 1 saturated carbocycles. The molecule has 0 N–H and O–H groups in total. The van der Waals surface area contributed by atoms with Crippen molar-refractivity contribution in [3.05, 3.63) is 36.5 Å². The maximum Gasteiger partial charge on any atom is 0.333 e. The molecule has 5 atom stereocenters. The molecule has 108 valence electrons. The molecule has 4 rings (SSSR count). The van der Waals surface area contributed by atoms with E-state index in [0.717, 1.165) is 23.7 Å². The molecule has 3 aliphatic carbocycles. The van der Waals surface area contributed by atoms with E-state index in [1.807, 2.05) is 0 Å². The smallest absolute Gasteiger partial charge is 0.333 e. The minimum atomic E-state index is -0.337. The number of esters is 1. The van der Waals surface area contributed by atoms with Gasteiger partial charge in [-0.3, -0.25) is 0 Å². The van der Waals surface area contributed by atoms with Gasteiger partial charge in [-0.2, -0.15) is 0 Å². The van der Waals surface area contributed by atoms with Gasteiger partial charge in [0.1, 0.15) is 12.7 Å². The number of epoxide rings is 1. The summed E-state index contributed by atoms with van der Waals surface area (Å²) in [5.74, 6) is 3.49. The number of hydrogen-bond donors (Lipinski definition) is 0. The Labute approximate surface area is 120 Å². The lowest BCUT2D eigenvalue weighted by molar-refractivity contribution is -0.139. The van der Waals surface area contributed by atoms with Gasteiger partial charge in [0, 0.05) is 5.57 Å². The van der Waals surface area contributed by atoms with E-state index in [4.69, 9.17) is 9.47 Å². The second kappa shape index (κ2) is 5.57. The molecule has 4 aliphatic rings. The molecule has 3 nitrogen and oxygen atoms in total. The van der Waals surface area contributed by atoms with Gasteiger partial charge in [-0.15, -0.1) is 0 Å². The fourth-order valence-electron chi connectivity index (χ4n) is 3.43. The first-order chi connectivity index (χ1) is 9.65. The molecule has 20 heavy (non-hydrogen) atoms. The van der Waals surface area contributed by atoms with Crippen LogP contribution in [-0.4, -0.2) is 25.3 Å². The van der Waals surface area contributed by atoms with E-state index in [-0.39, 0.29) is 12.1 Å². The van der Waals surface area contributed by atoms with Crippen LogP contribution in [0.5, 0.6) is 0 Å². The molecule has 0 radical (unpaired) electrons. The number of ether oxygens (including phenoxy) is 2. The van der Waals surface area contributed by atoms with Crippen molar-refractivity contribution in [3.63, 3.8) is 0 Å². The molecule has 1 aliphatic heterocycles. The third kappa shape index (κ3) is 2.88. The lowest BCUT2D eigenvalue weighted by atomic mass is 9.86. The molecule has 0 amide bonds. The Morgan fingerprint density at radius 1 is 1.35 bits per heavy atom. The molecule has 1 heterocycles. The van der Waals surface area contributed by atoms with Gasteiger partial charge in [-0.05, 0) is 43.4 Å². The van der Waals surface area contributed by atoms with Crippen LogP contribution in [0, 0.1) is 23.7 Å². The summed E-state index contributed by atoms with van der Waals surface area (Å²) in [4.78, 5) is 10.7. The standard InChI is InChI=1S/C10H12.C7H10O3/c1-2-9-7-4-5-8(6-7)10(9)3-1;1-5(2)7(8)10-4-6-3-9-6/h1-2,4-5,7-10H,3,6H2;6H,1,3-4H2,2H3. The quantitative estimate of drug-likeness (QED) is 0.344. The molecule has 2 bridgehead atoms. The Bertz CT molecular complexity index is 459. The molecule has 2 fully saturated rings. The summed E-state index contributed by atoms with van der Waals surface area (Å²) in [5, 5.41) is 0. The number of rotatable bonds is 3. The van der Waals surface area contributed by atoms with Gasteiger partial charge in [0.25, 0.3) is 0 Å². The molecule has 0 aromatic carbocycles. The highest BCUT2D eigenvalue weighted by atomic mass is 16.6. The van der Waals surface area contributed by atoms with Crippen LogP contribution >= 0.6 is 0 Å². The monoisotopic (exact) mass is 274 g/mol. The molecule has 1 saturated heterocycles. The fraction of sp³-hybridized carbons (Fsp3) is 0.588. The molecular formula is C17H22O3. The van der Waals surface area contributed by atoms with Gasteiger partial charge in [0.2, 0.25) is 0 Å². The highest BCUT2D eigenvalue weighted by molar-refractivity contribution is 5.86. The average Bonchev–Trinajstić information content (AvgIpc) is 2.87. The summed E-state index contributed by atoms with van der Waals surface area (Å²) in [6.07, 6.45) is 12.7. The largest absolute Gasteiger partial charge is 0.459 e. The first-order valence-electron chi connectivity index (χ1n) is 7.44. The predicted molar refractivity (Wildman–Crippen MR) is 77.0 cm³/mol. The molecule has 0 spiro atoms. The second-order valence-electron chi connectivity index (χ2n) is 6.19. The summed E-state index contributed by atoms with van der Waals surface area (Å²) in [7, 11) is 0. The van der Waals surface area contributed by atoms with Crippen LogP contribution in [0.15, 0.2) is 36.5 Å². The van der Waals surface area contributed by atoms with E-state index in [1.54, 1.807) is 6.92 Å². The number of carbonyl (C=O) groups excluding carboxylic acids is 1. The van der Waals surface area contributed by atoms with Crippen molar-refractivity contribution in [1.82, 2.24) is 0 Å². The highest BCUT2D eigenvalue weighted by Gasteiger charge is 2.44. The Morgan fingerprint density at radius 3 is 2.75 bits per heavy atom. The van der Waals surface area contributed by atoms with E-state index in [0.29, 0.717) is 18.8 Å². The van der Waals surface area contributed by atoms with Crippen LogP contribution in [-0.2, 0) is 14.3 Å². The van der Waals surface area contributed by atoms with E-state index in [1.165, 1.54) is 12.8 Å². The van der Waals surface area contributed by atoms with Crippen LogP contribution in [0.2, 0.25) is 0 Å². The zero-order valence-electron chi connectivity index (χ0n) is 12.0. The van der Waals surface area contributed by atoms with Crippen LogP contribution < -0.4 is 0 Å². The third-order valence-corrected chi connectivity index (χ3v) is 4.61. The van der Waals surface area contributed by atoms with Gasteiger partial charge in [-0.1, -0.05) is 30.9 Å². The van der Waals surface area contributed by atoms with Crippen molar-refractivity contribution in [2.45, 2.75) is 25.9 Å². The summed E-state index contributed by atoms with van der Waals surface area (Å²) >= 11 is 0. The average molecular weight is 274 g/mol. The van der Waals surface area contributed by atoms with Gasteiger partial charge in [0.15, 0.2) is 0 Å². The Morgan fingerprint density at radius 2 is 2.10 bits per heavy atom. The van der Waals surface area contributed by atoms with E-state index in [2.05, 4.69) is 30.9 Å². The highest BCUT2D eigenvalue weighted by Crippen LogP contribution is 2.52. The first-order valence-corrected chi connectivity index (χ1v) is 7.44. The lowest BCUT2D eigenvalue weighted by Gasteiger charge is -2.18. The van der Waals surface area contributed by atoms with Crippen molar-refractivity contribution < 1.29 is 14.3 Å². The van der Waals surface area contributed by atoms with Gasteiger partial charge < -0.3 is 9.47 Å². The maximum absolute atomic E-state index is 10.7. The van der Waals surface area contributed by atoms with E-state index < -0.39 is 0 Å². The van der Waals surface area contributed by atoms with Crippen molar-refractivity contribution in [1.29, 1.82) is 0 Å². The molecule has 5 unspecified atom stereocenters. The minimum absolute atomic E-state index is 0.142. The summed E-state index contributed by atoms with van der Waals surface area (Å²) in [5.41, 5.74) is 0.431. The minimum Gasteiger partial charge on any atom is -0.459 e. The Hall–Kier alpha value is -1.35. The second-order valence-corrected chi connectivity index (χ2v) is 6.19. The number of allylic oxidation sites excluding steroid dienone is 4. The first kappa shape index (κ1) is 13.6. The van der Waals surface area contributed by atoms with Gasteiger partial charge in [0.05, 0.1) is 6.61 Å². The maximum atomic E-state index is 10.7. The zero-order chi connectivity index (χ0) is 14.1. The Kier molecular flexibility index (Phi) is 3.79. The third-order valence-electron chi connectivity index (χ3n) is 4.61. The van der Waals surface area contributed by atoms with Crippen molar-refractivity contribution in [2.24, 2.45) is 23.7 Å². The van der Waals surface area contributed by atoms with E-state index >= 15 is 0 Å². The summed E-state index contributed by atoms with van der Waals surface area (Å²) in [6, 6.07) is 0. The topological polar surface area (TPSA) is 38.8 Å².